The Balaban J connectivity index is 0.000000292. The zero-order valence-corrected chi connectivity index (χ0v) is 7.25. The van der Waals surface area contributed by atoms with E-state index in [9.17, 15) is 0 Å². The lowest BCUT2D eigenvalue weighted by atomic mass is 10.2. The van der Waals surface area contributed by atoms with E-state index < -0.39 is 0 Å². The molecule has 0 unspecified atom stereocenters. The van der Waals surface area contributed by atoms with Gasteiger partial charge in [0.1, 0.15) is 0 Å². The lowest BCUT2D eigenvalue weighted by Crippen LogP contribution is -1.73. The molecule has 0 aliphatic heterocycles. The van der Waals surface area contributed by atoms with Gasteiger partial charge < -0.3 is 5.11 Å². The Bertz CT molecular complexity index is 158. The van der Waals surface area contributed by atoms with E-state index >= 15 is 0 Å². The maximum Gasteiger partial charge on any atom is 0.0402 e. The smallest absolute Gasteiger partial charge is 0.0402 e. The SMILES string of the molecule is CCO.CCc1ccccc1. The average Bonchev–Trinajstić information content (AvgIpc) is 2.08. The van der Waals surface area contributed by atoms with Crippen LogP contribution in [0.25, 0.3) is 0 Å². The number of hydrogen-bond donors (Lipinski definition) is 1. The van der Waals surface area contributed by atoms with Gasteiger partial charge in [-0.05, 0) is 18.9 Å². The molecule has 0 radical (unpaired) electrons. The van der Waals surface area contributed by atoms with Crippen LogP contribution < -0.4 is 0 Å². The van der Waals surface area contributed by atoms with Crippen LogP contribution in [0.5, 0.6) is 0 Å². The first-order chi connectivity index (χ1) is 5.35. The molecule has 0 heterocycles. The molecule has 0 aromatic heterocycles. The Morgan fingerprint density at radius 1 is 1.09 bits per heavy atom. The van der Waals surface area contributed by atoms with Gasteiger partial charge in [0.2, 0.25) is 0 Å². The van der Waals surface area contributed by atoms with E-state index in [1.807, 2.05) is 6.07 Å². The molecular weight excluding hydrogens is 136 g/mol. The largest absolute Gasteiger partial charge is 0.397 e. The Morgan fingerprint density at radius 3 is 1.82 bits per heavy atom. The molecule has 1 heteroatoms. The summed E-state index contributed by atoms with van der Waals surface area (Å²) in [5.74, 6) is 0. The molecule has 1 nitrogen and oxygen atoms in total. The number of aliphatic hydroxyl groups excluding tert-OH is 1. The summed E-state index contributed by atoms with van der Waals surface area (Å²) in [5.41, 5.74) is 1.41. The van der Waals surface area contributed by atoms with Gasteiger partial charge in [0.25, 0.3) is 0 Å². The second-order valence-electron chi connectivity index (χ2n) is 2.16. The molecule has 62 valence electrons. The minimum absolute atomic E-state index is 0.250. The maximum absolute atomic E-state index is 7.57. The molecule has 0 atom stereocenters. The van der Waals surface area contributed by atoms with E-state index in [0.29, 0.717) is 0 Å². The third-order valence-electron chi connectivity index (χ3n) is 1.25. The quantitative estimate of drug-likeness (QED) is 0.654. The first-order valence-electron chi connectivity index (χ1n) is 3.99. The van der Waals surface area contributed by atoms with Gasteiger partial charge in [-0.1, -0.05) is 37.3 Å². The average molecular weight is 152 g/mol. The van der Waals surface area contributed by atoms with Crippen LogP contribution in [0.1, 0.15) is 19.4 Å². The number of rotatable bonds is 1. The summed E-state index contributed by atoms with van der Waals surface area (Å²) < 4.78 is 0. The summed E-state index contributed by atoms with van der Waals surface area (Å²) in [4.78, 5) is 0. The highest BCUT2D eigenvalue weighted by atomic mass is 16.2. The fraction of sp³-hybridized carbons (Fsp3) is 0.400. The topological polar surface area (TPSA) is 20.2 Å². The molecule has 1 aromatic rings. The second-order valence-corrected chi connectivity index (χ2v) is 2.16. The molecule has 0 amide bonds. The number of aliphatic hydroxyl groups is 1. The highest BCUT2D eigenvalue weighted by molar-refractivity contribution is 5.13. The van der Waals surface area contributed by atoms with Crippen LogP contribution in [0.4, 0.5) is 0 Å². The molecule has 0 saturated heterocycles. The molecule has 0 fully saturated rings. The van der Waals surface area contributed by atoms with Gasteiger partial charge in [-0.15, -0.1) is 0 Å². The van der Waals surface area contributed by atoms with Crippen molar-refractivity contribution in [1.29, 1.82) is 0 Å². The molecule has 1 aromatic carbocycles. The van der Waals surface area contributed by atoms with E-state index in [-0.39, 0.29) is 6.61 Å². The molecule has 0 saturated carbocycles. The van der Waals surface area contributed by atoms with Gasteiger partial charge in [0.15, 0.2) is 0 Å². The Morgan fingerprint density at radius 2 is 1.55 bits per heavy atom. The first kappa shape index (κ1) is 10.2. The van der Waals surface area contributed by atoms with Crippen molar-refractivity contribution in [1.82, 2.24) is 0 Å². The highest BCUT2D eigenvalue weighted by Gasteiger charge is 1.79. The van der Waals surface area contributed by atoms with Crippen molar-refractivity contribution in [2.75, 3.05) is 6.61 Å². The summed E-state index contributed by atoms with van der Waals surface area (Å²) in [5, 5.41) is 7.57. The maximum atomic E-state index is 7.57. The molecule has 0 bridgehead atoms. The van der Waals surface area contributed by atoms with Crippen LogP contribution in [0.2, 0.25) is 0 Å². The number of aryl methyl sites for hydroxylation is 1. The van der Waals surface area contributed by atoms with Crippen molar-refractivity contribution >= 4 is 0 Å². The standard InChI is InChI=1S/C8H10.C2H6O/c1-2-8-6-4-3-5-7-8;1-2-3/h3-7H,2H2,1H3;3H,2H2,1H3. The van der Waals surface area contributed by atoms with Crippen molar-refractivity contribution in [3.8, 4) is 0 Å². The highest BCUT2D eigenvalue weighted by Crippen LogP contribution is 1.96. The van der Waals surface area contributed by atoms with Crippen molar-refractivity contribution in [2.45, 2.75) is 20.3 Å². The zero-order valence-electron chi connectivity index (χ0n) is 7.25. The van der Waals surface area contributed by atoms with Gasteiger partial charge in [-0.25, -0.2) is 0 Å². The summed E-state index contributed by atoms with van der Waals surface area (Å²) in [6, 6.07) is 10.5. The normalized spacial score (nSPS) is 8.27. The molecular formula is C10H16O. The molecule has 0 spiro atoms. The first-order valence-corrected chi connectivity index (χ1v) is 3.99. The van der Waals surface area contributed by atoms with Gasteiger partial charge in [0.05, 0.1) is 0 Å². The Kier molecular flexibility index (Phi) is 6.75. The zero-order chi connectivity index (χ0) is 8.53. The summed E-state index contributed by atoms with van der Waals surface area (Å²) in [6.45, 7) is 4.09. The minimum atomic E-state index is 0.250. The van der Waals surface area contributed by atoms with Crippen LogP contribution in [0.3, 0.4) is 0 Å². The molecule has 1 rings (SSSR count). The number of benzene rings is 1. The molecule has 1 N–H and O–H groups in total. The molecule has 0 aliphatic rings. The third-order valence-corrected chi connectivity index (χ3v) is 1.25. The fourth-order valence-electron chi connectivity index (χ4n) is 0.714. The minimum Gasteiger partial charge on any atom is -0.397 e. The van der Waals surface area contributed by atoms with Crippen LogP contribution in [-0.4, -0.2) is 11.7 Å². The van der Waals surface area contributed by atoms with Gasteiger partial charge in [-0.3, -0.25) is 0 Å². The summed E-state index contributed by atoms with van der Waals surface area (Å²) in [6.07, 6.45) is 1.14. The van der Waals surface area contributed by atoms with Crippen molar-refractivity contribution in [3.05, 3.63) is 35.9 Å². The van der Waals surface area contributed by atoms with E-state index in [4.69, 9.17) is 5.11 Å². The van der Waals surface area contributed by atoms with Crippen molar-refractivity contribution < 1.29 is 5.11 Å². The Labute approximate surface area is 68.7 Å². The van der Waals surface area contributed by atoms with Crippen molar-refractivity contribution in [2.24, 2.45) is 0 Å². The number of hydrogen-bond acceptors (Lipinski definition) is 1. The molecule has 0 aliphatic carbocycles. The van der Waals surface area contributed by atoms with Crippen LogP contribution in [-0.2, 0) is 6.42 Å². The van der Waals surface area contributed by atoms with Crippen molar-refractivity contribution in [3.63, 3.8) is 0 Å². The summed E-state index contributed by atoms with van der Waals surface area (Å²) >= 11 is 0. The van der Waals surface area contributed by atoms with E-state index in [1.54, 1.807) is 6.92 Å². The van der Waals surface area contributed by atoms with Gasteiger partial charge in [0, 0.05) is 6.61 Å². The summed E-state index contributed by atoms with van der Waals surface area (Å²) in [7, 11) is 0. The second kappa shape index (κ2) is 7.29. The monoisotopic (exact) mass is 152 g/mol. The van der Waals surface area contributed by atoms with E-state index in [1.165, 1.54) is 5.56 Å². The van der Waals surface area contributed by atoms with Crippen LogP contribution in [0.15, 0.2) is 30.3 Å². The molecule has 11 heavy (non-hydrogen) atoms. The van der Waals surface area contributed by atoms with Crippen LogP contribution >= 0.6 is 0 Å². The predicted molar refractivity (Wildman–Crippen MR) is 48.6 cm³/mol. The van der Waals surface area contributed by atoms with Gasteiger partial charge in [-0.2, -0.15) is 0 Å². The fourth-order valence-corrected chi connectivity index (χ4v) is 0.714. The Hall–Kier alpha value is -0.820. The van der Waals surface area contributed by atoms with E-state index in [2.05, 4.69) is 31.2 Å². The third kappa shape index (κ3) is 5.62. The van der Waals surface area contributed by atoms with E-state index in [0.717, 1.165) is 6.42 Å². The van der Waals surface area contributed by atoms with Crippen LogP contribution in [0, 0.1) is 0 Å². The predicted octanol–water partition coefficient (Wildman–Crippen LogP) is 2.25. The van der Waals surface area contributed by atoms with Gasteiger partial charge >= 0.3 is 0 Å². The lowest BCUT2D eigenvalue weighted by molar-refractivity contribution is 0.318. The lowest BCUT2D eigenvalue weighted by Gasteiger charge is -1.89.